The van der Waals surface area contributed by atoms with Crippen molar-refractivity contribution in [2.24, 2.45) is 0 Å². The zero-order valence-corrected chi connectivity index (χ0v) is 9.27. The summed E-state index contributed by atoms with van der Waals surface area (Å²) in [4.78, 5) is 19.4. The van der Waals surface area contributed by atoms with Crippen LogP contribution in [0.5, 0.6) is 0 Å². The molecule has 0 fully saturated rings. The predicted molar refractivity (Wildman–Crippen MR) is 56.6 cm³/mol. The molecular formula is C10H16O6. The largest absolute Gasteiger partial charge is 0.481 e. The van der Waals surface area contributed by atoms with Gasteiger partial charge in [0.1, 0.15) is 0 Å². The number of rotatable bonds is 5. The molecule has 0 spiro atoms. The number of ether oxygens (including phenoxy) is 1. The summed E-state index contributed by atoms with van der Waals surface area (Å²) in [7, 11) is 0. The number of hydrogen-bond donors (Lipinski definition) is 3. The summed E-state index contributed by atoms with van der Waals surface area (Å²) >= 11 is 0. The highest BCUT2D eigenvalue weighted by Crippen LogP contribution is 1.97. The van der Waals surface area contributed by atoms with E-state index in [1.165, 1.54) is 0 Å². The molecule has 0 radical (unpaired) electrons. The second-order valence-corrected chi connectivity index (χ2v) is 2.96. The van der Waals surface area contributed by atoms with Crippen LogP contribution in [-0.2, 0) is 14.3 Å². The van der Waals surface area contributed by atoms with Crippen molar-refractivity contribution in [2.45, 2.75) is 26.4 Å². The molecule has 3 N–H and O–H groups in total. The Morgan fingerprint density at radius 2 is 1.56 bits per heavy atom. The molecule has 6 nitrogen and oxygen atoms in total. The Morgan fingerprint density at radius 3 is 1.62 bits per heavy atom. The van der Waals surface area contributed by atoms with Gasteiger partial charge >= 0.3 is 11.9 Å². The van der Waals surface area contributed by atoms with Crippen LogP contribution < -0.4 is 0 Å². The Kier molecular flexibility index (Phi) is 8.81. The topological polar surface area (TPSA) is 104 Å². The highest BCUT2D eigenvalue weighted by Gasteiger charge is 2.16. The first-order valence-corrected chi connectivity index (χ1v) is 4.28. The van der Waals surface area contributed by atoms with E-state index < -0.39 is 24.5 Å². The molecule has 0 aromatic rings. The van der Waals surface area contributed by atoms with Crippen molar-refractivity contribution in [3.8, 4) is 0 Å². The summed E-state index contributed by atoms with van der Waals surface area (Å²) in [5.74, 6) is -1.47. The fourth-order valence-corrected chi connectivity index (χ4v) is 0.550. The number of carboxylic acids is 2. The third kappa shape index (κ3) is 14.7. The van der Waals surface area contributed by atoms with Crippen LogP contribution in [0.3, 0.4) is 0 Å². The maximum atomic E-state index is 9.72. The van der Waals surface area contributed by atoms with Crippen LogP contribution in [-0.4, -0.2) is 33.4 Å². The molecule has 6 heteroatoms. The summed E-state index contributed by atoms with van der Waals surface area (Å²) in [6, 6.07) is 0. The molecule has 0 bridgehead atoms. The number of carboxylic acid groups (broad SMARTS) is 2. The predicted octanol–water partition coefficient (Wildman–Crippen LogP) is 0.977. The van der Waals surface area contributed by atoms with Gasteiger partial charge in [0.05, 0.1) is 17.9 Å². The maximum absolute atomic E-state index is 9.72. The van der Waals surface area contributed by atoms with Crippen LogP contribution in [0.15, 0.2) is 24.7 Å². The fourth-order valence-electron chi connectivity index (χ4n) is 0.550. The standard InChI is InChI=1S/C6H10O.C4H6O5/c1-5(2)7-6(3)4;5-2(4(8)9)1-3(6)7/h1,3H2,2,4H3;2,5H,1H2,(H,6,7)(H,8,9). The summed E-state index contributed by atoms with van der Waals surface area (Å²) < 4.78 is 4.86. The van der Waals surface area contributed by atoms with Crippen molar-refractivity contribution in [3.63, 3.8) is 0 Å². The first kappa shape index (κ1) is 16.6. The molecule has 0 rings (SSSR count). The van der Waals surface area contributed by atoms with Gasteiger partial charge in [-0.25, -0.2) is 4.79 Å². The lowest BCUT2D eigenvalue weighted by Gasteiger charge is -1.99. The molecule has 0 saturated carbocycles. The average Bonchev–Trinajstić information content (AvgIpc) is 2.00. The lowest BCUT2D eigenvalue weighted by Crippen LogP contribution is -2.22. The number of hydrogen-bond acceptors (Lipinski definition) is 4. The first-order chi connectivity index (χ1) is 7.16. The van der Waals surface area contributed by atoms with E-state index >= 15 is 0 Å². The van der Waals surface area contributed by atoms with Crippen molar-refractivity contribution in [2.75, 3.05) is 0 Å². The Morgan fingerprint density at radius 1 is 1.19 bits per heavy atom. The van der Waals surface area contributed by atoms with Crippen molar-refractivity contribution in [1.29, 1.82) is 0 Å². The van der Waals surface area contributed by atoms with Crippen molar-refractivity contribution in [3.05, 3.63) is 24.7 Å². The molecule has 0 aliphatic heterocycles. The molecule has 0 amide bonds. The SMILES string of the molecule is C=C(C)OC(=C)C.O=C(O)CC(O)C(=O)O. The summed E-state index contributed by atoms with van der Waals surface area (Å²) in [5, 5.41) is 24.1. The molecule has 0 heterocycles. The number of aliphatic hydroxyl groups excluding tert-OH is 1. The second kappa shape index (κ2) is 8.49. The maximum Gasteiger partial charge on any atom is 0.333 e. The molecule has 1 atom stereocenters. The van der Waals surface area contributed by atoms with E-state index in [1.807, 2.05) is 0 Å². The van der Waals surface area contributed by atoms with Crippen LogP contribution >= 0.6 is 0 Å². The monoisotopic (exact) mass is 232 g/mol. The summed E-state index contributed by atoms with van der Waals surface area (Å²) in [5.41, 5.74) is 0. The zero-order chi connectivity index (χ0) is 13.3. The second-order valence-electron chi connectivity index (χ2n) is 2.96. The van der Waals surface area contributed by atoms with Gasteiger partial charge in [0.25, 0.3) is 0 Å². The van der Waals surface area contributed by atoms with Gasteiger partial charge in [-0.3, -0.25) is 4.79 Å². The fraction of sp³-hybridized carbons (Fsp3) is 0.400. The summed E-state index contributed by atoms with van der Waals surface area (Å²) in [6.45, 7) is 10.6. The molecule has 0 saturated heterocycles. The minimum atomic E-state index is -1.79. The minimum absolute atomic E-state index is 0.688. The van der Waals surface area contributed by atoms with Crippen molar-refractivity contribution in [1.82, 2.24) is 0 Å². The van der Waals surface area contributed by atoms with Gasteiger partial charge in [-0.05, 0) is 13.8 Å². The van der Waals surface area contributed by atoms with Crippen LogP contribution in [0.4, 0.5) is 0 Å². The summed E-state index contributed by atoms with van der Waals surface area (Å²) in [6.07, 6.45) is -2.54. The molecule has 0 aliphatic carbocycles. The van der Waals surface area contributed by atoms with Gasteiger partial charge < -0.3 is 20.1 Å². The Hall–Kier alpha value is -1.82. The van der Waals surface area contributed by atoms with Gasteiger partial charge in [-0.1, -0.05) is 13.2 Å². The van der Waals surface area contributed by atoms with E-state index in [2.05, 4.69) is 13.2 Å². The Bertz CT molecular complexity index is 269. The third-order valence-electron chi connectivity index (χ3n) is 1.00. The normalized spacial score (nSPS) is 10.4. The average molecular weight is 232 g/mol. The lowest BCUT2D eigenvalue weighted by molar-refractivity contribution is -0.152. The number of aliphatic hydroxyl groups is 1. The van der Waals surface area contributed by atoms with E-state index in [1.54, 1.807) is 13.8 Å². The number of aliphatic carboxylic acids is 2. The van der Waals surface area contributed by atoms with Crippen LogP contribution in [0.1, 0.15) is 20.3 Å². The van der Waals surface area contributed by atoms with Crippen molar-refractivity contribution >= 4 is 11.9 Å². The number of allylic oxidation sites excluding steroid dienone is 2. The molecule has 92 valence electrons. The van der Waals surface area contributed by atoms with Crippen molar-refractivity contribution < 1.29 is 29.6 Å². The third-order valence-corrected chi connectivity index (χ3v) is 1.00. The molecule has 0 aromatic carbocycles. The first-order valence-electron chi connectivity index (χ1n) is 4.28. The van der Waals surface area contributed by atoms with E-state index in [0.717, 1.165) is 0 Å². The van der Waals surface area contributed by atoms with E-state index in [9.17, 15) is 9.59 Å². The van der Waals surface area contributed by atoms with E-state index in [4.69, 9.17) is 20.1 Å². The smallest absolute Gasteiger partial charge is 0.333 e. The molecule has 16 heavy (non-hydrogen) atoms. The van der Waals surface area contributed by atoms with E-state index in [0.29, 0.717) is 11.5 Å². The molecule has 0 aliphatic rings. The highest BCUT2D eigenvalue weighted by molar-refractivity contribution is 5.79. The van der Waals surface area contributed by atoms with Crippen LogP contribution in [0.2, 0.25) is 0 Å². The quantitative estimate of drug-likeness (QED) is 0.610. The molecule has 0 aromatic heterocycles. The van der Waals surface area contributed by atoms with Gasteiger partial charge in [0, 0.05) is 0 Å². The highest BCUT2D eigenvalue weighted by atomic mass is 16.5. The molecule has 1 unspecified atom stereocenters. The Balaban J connectivity index is 0. The minimum Gasteiger partial charge on any atom is -0.481 e. The molecular weight excluding hydrogens is 216 g/mol. The number of carbonyl (C=O) groups is 2. The van der Waals surface area contributed by atoms with Gasteiger partial charge in [-0.15, -0.1) is 0 Å². The van der Waals surface area contributed by atoms with Gasteiger partial charge in [0.2, 0.25) is 0 Å². The van der Waals surface area contributed by atoms with Crippen LogP contribution in [0.25, 0.3) is 0 Å². The van der Waals surface area contributed by atoms with E-state index in [-0.39, 0.29) is 0 Å². The zero-order valence-electron chi connectivity index (χ0n) is 9.27. The van der Waals surface area contributed by atoms with Crippen LogP contribution in [0, 0.1) is 0 Å². The van der Waals surface area contributed by atoms with Gasteiger partial charge in [0.15, 0.2) is 6.10 Å². The lowest BCUT2D eigenvalue weighted by atomic mass is 10.3. The Labute approximate surface area is 93.5 Å². The van der Waals surface area contributed by atoms with Gasteiger partial charge in [-0.2, -0.15) is 0 Å².